The van der Waals surface area contributed by atoms with Gasteiger partial charge in [-0.1, -0.05) is 34.1 Å². The molecule has 1 heterocycles. The highest BCUT2D eigenvalue weighted by Crippen LogP contribution is 2.23. The van der Waals surface area contributed by atoms with Crippen molar-refractivity contribution < 1.29 is 0 Å². The molecule has 0 radical (unpaired) electrons. The zero-order chi connectivity index (χ0) is 14.5. The van der Waals surface area contributed by atoms with Gasteiger partial charge in [0.25, 0.3) is 0 Å². The number of benzene rings is 1. The van der Waals surface area contributed by atoms with Crippen LogP contribution in [0.25, 0.3) is 0 Å². The molecule has 2 nitrogen and oxygen atoms in total. The molecule has 0 unspecified atom stereocenters. The Morgan fingerprint density at radius 1 is 1.25 bits per heavy atom. The Bertz CT molecular complexity index is 537. The van der Waals surface area contributed by atoms with Crippen LogP contribution in [-0.2, 0) is 19.6 Å². The number of hydrogen-bond acceptors (Lipinski definition) is 3. The topological polar surface area (TPSA) is 29.3 Å². The van der Waals surface area contributed by atoms with E-state index in [0.717, 1.165) is 23.1 Å². The van der Waals surface area contributed by atoms with Gasteiger partial charge < -0.3 is 5.73 Å². The molecule has 0 fully saturated rings. The molecule has 0 bridgehead atoms. The fourth-order valence-electron chi connectivity index (χ4n) is 2.09. The van der Waals surface area contributed by atoms with Crippen LogP contribution in [-0.4, -0.2) is 10.9 Å². The number of thiophene rings is 1. The lowest BCUT2D eigenvalue weighted by atomic mass is 10.1. The lowest BCUT2D eigenvalue weighted by Crippen LogP contribution is -2.29. The van der Waals surface area contributed by atoms with Gasteiger partial charge in [0.1, 0.15) is 0 Å². The molecule has 0 spiro atoms. The summed E-state index contributed by atoms with van der Waals surface area (Å²) in [7, 11) is 0. The fourth-order valence-corrected chi connectivity index (χ4v) is 3.37. The van der Waals surface area contributed by atoms with E-state index in [1.807, 2.05) is 11.3 Å². The van der Waals surface area contributed by atoms with Crippen LogP contribution in [0.4, 0.5) is 0 Å². The maximum atomic E-state index is 5.68. The second kappa shape index (κ2) is 7.36. The molecule has 0 saturated heterocycles. The van der Waals surface area contributed by atoms with E-state index in [9.17, 15) is 0 Å². The van der Waals surface area contributed by atoms with E-state index in [1.54, 1.807) is 0 Å². The maximum Gasteiger partial charge on any atom is 0.0334 e. The summed E-state index contributed by atoms with van der Waals surface area (Å²) in [4.78, 5) is 3.89. The highest BCUT2D eigenvalue weighted by atomic mass is 79.9. The molecule has 1 aromatic carbocycles. The molecule has 2 aromatic rings. The van der Waals surface area contributed by atoms with Crippen molar-refractivity contribution in [3.8, 4) is 0 Å². The Hall–Kier alpha value is -0.680. The molecular formula is C16H21BrN2S. The van der Waals surface area contributed by atoms with Gasteiger partial charge in [-0.3, -0.25) is 4.90 Å². The molecule has 1 aromatic heterocycles. The first-order valence-electron chi connectivity index (χ1n) is 6.84. The first kappa shape index (κ1) is 15.7. The predicted octanol–water partition coefficient (Wildman–Crippen LogP) is 4.38. The molecule has 0 saturated carbocycles. The van der Waals surface area contributed by atoms with Crippen LogP contribution in [0.5, 0.6) is 0 Å². The van der Waals surface area contributed by atoms with E-state index < -0.39 is 0 Å². The van der Waals surface area contributed by atoms with E-state index >= 15 is 0 Å². The molecule has 0 aliphatic carbocycles. The van der Waals surface area contributed by atoms with Gasteiger partial charge in [-0.25, -0.2) is 0 Å². The molecule has 4 heteroatoms. The SMILES string of the molecule is CC(C)N(Cc1cccs1)Cc1ccc(CN)cc1Br. The third-order valence-corrected chi connectivity index (χ3v) is 5.00. The Labute approximate surface area is 133 Å². The van der Waals surface area contributed by atoms with Gasteiger partial charge >= 0.3 is 0 Å². The number of rotatable bonds is 6. The minimum atomic E-state index is 0.512. The summed E-state index contributed by atoms with van der Waals surface area (Å²) < 4.78 is 1.15. The molecular weight excluding hydrogens is 332 g/mol. The Morgan fingerprint density at radius 2 is 2.05 bits per heavy atom. The molecule has 0 aliphatic heterocycles. The average molecular weight is 353 g/mol. The number of nitrogens with zero attached hydrogens (tertiary/aromatic N) is 1. The summed E-state index contributed by atoms with van der Waals surface area (Å²) in [5.74, 6) is 0. The molecule has 0 amide bonds. The van der Waals surface area contributed by atoms with E-state index in [1.165, 1.54) is 10.4 Å². The van der Waals surface area contributed by atoms with Crippen molar-refractivity contribution in [1.29, 1.82) is 0 Å². The number of hydrogen-bond donors (Lipinski definition) is 1. The number of halogens is 1. The first-order chi connectivity index (χ1) is 9.60. The summed E-state index contributed by atoms with van der Waals surface area (Å²) in [6, 6.07) is 11.2. The second-order valence-electron chi connectivity index (χ2n) is 5.21. The molecule has 2 rings (SSSR count). The summed E-state index contributed by atoms with van der Waals surface area (Å²) in [6.07, 6.45) is 0. The summed E-state index contributed by atoms with van der Waals surface area (Å²) >= 11 is 5.48. The third kappa shape index (κ3) is 4.16. The standard InChI is InChI=1S/C16H21BrN2S/c1-12(2)19(11-15-4-3-7-20-15)10-14-6-5-13(9-18)8-16(14)17/h3-8,12H,9-11,18H2,1-2H3. The second-order valence-corrected chi connectivity index (χ2v) is 7.09. The quantitative estimate of drug-likeness (QED) is 0.835. The van der Waals surface area contributed by atoms with E-state index in [-0.39, 0.29) is 0 Å². The largest absolute Gasteiger partial charge is 0.326 e. The summed E-state index contributed by atoms with van der Waals surface area (Å²) in [6.45, 7) is 7.02. The van der Waals surface area contributed by atoms with Crippen LogP contribution in [0.2, 0.25) is 0 Å². The van der Waals surface area contributed by atoms with Crippen LogP contribution in [0.3, 0.4) is 0 Å². The highest BCUT2D eigenvalue weighted by Gasteiger charge is 2.13. The van der Waals surface area contributed by atoms with Crippen molar-refractivity contribution in [2.45, 2.75) is 39.5 Å². The lowest BCUT2D eigenvalue weighted by Gasteiger charge is -2.26. The van der Waals surface area contributed by atoms with Crippen molar-refractivity contribution in [2.75, 3.05) is 0 Å². The summed E-state index contributed by atoms with van der Waals surface area (Å²) in [5, 5.41) is 2.14. The van der Waals surface area contributed by atoms with Crippen LogP contribution in [0.1, 0.15) is 29.9 Å². The van der Waals surface area contributed by atoms with Gasteiger partial charge in [-0.2, -0.15) is 0 Å². The lowest BCUT2D eigenvalue weighted by molar-refractivity contribution is 0.205. The smallest absolute Gasteiger partial charge is 0.0334 e. The Kier molecular flexibility index (Phi) is 5.78. The van der Waals surface area contributed by atoms with Crippen molar-refractivity contribution in [3.63, 3.8) is 0 Å². The molecule has 0 aliphatic rings. The zero-order valence-corrected chi connectivity index (χ0v) is 14.4. The predicted molar refractivity (Wildman–Crippen MR) is 90.7 cm³/mol. The molecule has 2 N–H and O–H groups in total. The minimum absolute atomic E-state index is 0.512. The molecule has 108 valence electrons. The van der Waals surface area contributed by atoms with Gasteiger partial charge in [0.15, 0.2) is 0 Å². The highest BCUT2D eigenvalue weighted by molar-refractivity contribution is 9.10. The third-order valence-electron chi connectivity index (χ3n) is 3.40. The molecule has 20 heavy (non-hydrogen) atoms. The van der Waals surface area contributed by atoms with Gasteiger partial charge in [0.2, 0.25) is 0 Å². The van der Waals surface area contributed by atoms with Crippen molar-refractivity contribution in [2.24, 2.45) is 5.73 Å². The van der Waals surface area contributed by atoms with Gasteiger partial charge in [0.05, 0.1) is 0 Å². The van der Waals surface area contributed by atoms with Crippen LogP contribution in [0.15, 0.2) is 40.2 Å². The van der Waals surface area contributed by atoms with Crippen LogP contribution >= 0.6 is 27.3 Å². The van der Waals surface area contributed by atoms with Crippen molar-refractivity contribution >= 4 is 27.3 Å². The Balaban J connectivity index is 2.11. The number of nitrogens with two attached hydrogens (primary N) is 1. The normalized spacial score (nSPS) is 11.5. The van der Waals surface area contributed by atoms with Crippen molar-refractivity contribution in [1.82, 2.24) is 4.90 Å². The molecule has 0 atom stereocenters. The van der Waals surface area contributed by atoms with Gasteiger partial charge in [-0.15, -0.1) is 11.3 Å². The summed E-state index contributed by atoms with van der Waals surface area (Å²) in [5.41, 5.74) is 8.15. The van der Waals surface area contributed by atoms with Crippen LogP contribution < -0.4 is 5.73 Å². The average Bonchev–Trinajstić information content (AvgIpc) is 2.92. The van der Waals surface area contributed by atoms with Gasteiger partial charge in [0, 0.05) is 35.0 Å². The van der Waals surface area contributed by atoms with E-state index in [0.29, 0.717) is 12.6 Å². The maximum absolute atomic E-state index is 5.68. The van der Waals surface area contributed by atoms with E-state index in [4.69, 9.17) is 5.73 Å². The minimum Gasteiger partial charge on any atom is -0.326 e. The van der Waals surface area contributed by atoms with E-state index in [2.05, 4.69) is 70.4 Å². The van der Waals surface area contributed by atoms with Crippen molar-refractivity contribution in [3.05, 3.63) is 56.2 Å². The van der Waals surface area contributed by atoms with Gasteiger partial charge in [-0.05, 0) is 42.5 Å². The first-order valence-corrected chi connectivity index (χ1v) is 8.51. The Morgan fingerprint density at radius 3 is 2.60 bits per heavy atom. The van der Waals surface area contributed by atoms with Crippen LogP contribution in [0, 0.1) is 0 Å². The monoisotopic (exact) mass is 352 g/mol. The fraction of sp³-hybridized carbons (Fsp3) is 0.375. The zero-order valence-electron chi connectivity index (χ0n) is 12.0.